The van der Waals surface area contributed by atoms with Gasteiger partial charge in [0.1, 0.15) is 0 Å². The first-order chi connectivity index (χ1) is 6.76. The Labute approximate surface area is 88.9 Å². The lowest BCUT2D eigenvalue weighted by Gasteiger charge is -2.15. The molecule has 1 aromatic heterocycles. The van der Waals surface area contributed by atoms with Gasteiger partial charge in [-0.05, 0) is 13.0 Å². The zero-order chi connectivity index (χ0) is 10.4. The summed E-state index contributed by atoms with van der Waals surface area (Å²) in [7, 11) is 0. The topological polar surface area (TPSA) is 50.1 Å². The van der Waals surface area contributed by atoms with Crippen LogP contribution in [-0.2, 0) is 6.54 Å². The second-order valence-electron chi connectivity index (χ2n) is 3.21. The highest BCUT2D eigenvalue weighted by atomic mass is 35.5. The van der Waals surface area contributed by atoms with E-state index in [9.17, 15) is 0 Å². The van der Waals surface area contributed by atoms with Crippen LogP contribution in [0.4, 0.5) is 0 Å². The van der Waals surface area contributed by atoms with Gasteiger partial charge in [0.05, 0.1) is 24.4 Å². The third-order valence-electron chi connectivity index (χ3n) is 1.91. The first-order valence-corrected chi connectivity index (χ1v) is 5.16. The molecule has 0 spiro atoms. The summed E-state index contributed by atoms with van der Waals surface area (Å²) in [4.78, 5) is 0. The van der Waals surface area contributed by atoms with Gasteiger partial charge in [0.15, 0.2) is 0 Å². The molecule has 0 bridgehead atoms. The van der Waals surface area contributed by atoms with Crippen LogP contribution in [0, 0.1) is 0 Å². The van der Waals surface area contributed by atoms with Gasteiger partial charge in [0.2, 0.25) is 0 Å². The van der Waals surface area contributed by atoms with E-state index in [1.165, 1.54) is 0 Å². The predicted octanol–water partition coefficient (Wildman–Crippen LogP) is 0.897. The summed E-state index contributed by atoms with van der Waals surface area (Å²) in [6.45, 7) is 3.74. The van der Waals surface area contributed by atoms with Crippen molar-refractivity contribution in [2.24, 2.45) is 0 Å². The number of hydrogen-bond acceptors (Lipinski definition) is 3. The summed E-state index contributed by atoms with van der Waals surface area (Å²) in [6.07, 6.45) is 4.39. The van der Waals surface area contributed by atoms with Crippen LogP contribution in [0.25, 0.3) is 0 Å². The fourth-order valence-electron chi connectivity index (χ4n) is 1.20. The van der Waals surface area contributed by atoms with Gasteiger partial charge >= 0.3 is 0 Å². The fraction of sp³-hybridized carbons (Fsp3) is 0.667. The Kier molecular flexibility index (Phi) is 4.93. The van der Waals surface area contributed by atoms with E-state index < -0.39 is 0 Å². The van der Waals surface area contributed by atoms with E-state index >= 15 is 0 Å². The third-order valence-corrected chi connectivity index (χ3v) is 2.11. The number of nitrogens with one attached hydrogen (secondary N) is 1. The lowest BCUT2D eigenvalue weighted by atomic mass is 10.3. The molecular weight excluding hydrogens is 202 g/mol. The Hall–Kier alpha value is -0.580. The lowest BCUT2D eigenvalue weighted by Crippen LogP contribution is -2.36. The second kappa shape index (κ2) is 6.01. The van der Waals surface area contributed by atoms with Crippen molar-refractivity contribution in [2.75, 3.05) is 13.2 Å². The van der Waals surface area contributed by atoms with E-state index in [4.69, 9.17) is 16.7 Å². The van der Waals surface area contributed by atoms with Crippen LogP contribution >= 0.6 is 11.6 Å². The number of halogens is 1. The molecule has 5 heteroatoms. The van der Waals surface area contributed by atoms with Crippen molar-refractivity contribution in [2.45, 2.75) is 25.9 Å². The predicted molar refractivity (Wildman–Crippen MR) is 56.4 cm³/mol. The maximum atomic E-state index is 9.08. The third kappa shape index (κ3) is 3.65. The van der Waals surface area contributed by atoms with Crippen LogP contribution in [0.3, 0.4) is 0 Å². The van der Waals surface area contributed by atoms with Gasteiger partial charge in [-0.25, -0.2) is 0 Å². The second-order valence-corrected chi connectivity index (χ2v) is 3.65. The van der Waals surface area contributed by atoms with Gasteiger partial charge in [-0.2, -0.15) is 5.10 Å². The Balaban J connectivity index is 2.40. The van der Waals surface area contributed by atoms with Gasteiger partial charge in [-0.3, -0.25) is 4.68 Å². The maximum Gasteiger partial charge on any atom is 0.0785 e. The molecule has 0 aliphatic carbocycles. The molecule has 1 heterocycles. The molecule has 0 saturated carbocycles. The van der Waals surface area contributed by atoms with Crippen molar-refractivity contribution in [1.82, 2.24) is 15.1 Å². The molecule has 0 saturated heterocycles. The van der Waals surface area contributed by atoms with Crippen molar-refractivity contribution in [3.63, 3.8) is 0 Å². The Morgan fingerprint density at radius 1 is 1.71 bits per heavy atom. The minimum atomic E-state index is 0.0471. The van der Waals surface area contributed by atoms with E-state index in [-0.39, 0.29) is 12.6 Å². The molecule has 80 valence electrons. The van der Waals surface area contributed by atoms with Gasteiger partial charge < -0.3 is 10.4 Å². The van der Waals surface area contributed by atoms with Crippen LogP contribution in [0.2, 0.25) is 5.02 Å². The fourth-order valence-corrected chi connectivity index (χ4v) is 1.36. The van der Waals surface area contributed by atoms with Crippen LogP contribution < -0.4 is 5.32 Å². The summed E-state index contributed by atoms with van der Waals surface area (Å²) in [5, 5.41) is 17.0. The molecule has 0 aliphatic heterocycles. The summed E-state index contributed by atoms with van der Waals surface area (Å²) in [6, 6.07) is 0.0471. The minimum Gasteiger partial charge on any atom is -0.395 e. The molecule has 0 radical (unpaired) electrons. The molecular formula is C9H16ClN3O. The van der Waals surface area contributed by atoms with Crippen LogP contribution in [0.5, 0.6) is 0 Å². The number of aromatic nitrogens is 2. The molecule has 1 atom stereocenters. The maximum absolute atomic E-state index is 9.08. The van der Waals surface area contributed by atoms with E-state index in [2.05, 4.69) is 17.3 Å². The van der Waals surface area contributed by atoms with E-state index in [1.807, 2.05) is 0 Å². The summed E-state index contributed by atoms with van der Waals surface area (Å²) < 4.78 is 1.73. The number of rotatable bonds is 6. The van der Waals surface area contributed by atoms with Gasteiger partial charge in [0, 0.05) is 12.2 Å². The molecule has 4 nitrogen and oxygen atoms in total. The quantitative estimate of drug-likeness (QED) is 0.745. The Morgan fingerprint density at radius 2 is 2.50 bits per heavy atom. The molecule has 1 unspecified atom stereocenters. The normalized spacial score (nSPS) is 13.1. The molecule has 2 N–H and O–H groups in total. The standard InChI is InChI=1S/C9H16ClN3O/c1-2-3-11-9(7-14)6-13-5-8(10)4-12-13/h4-5,9,11,14H,2-3,6-7H2,1H3. The zero-order valence-electron chi connectivity index (χ0n) is 8.28. The smallest absolute Gasteiger partial charge is 0.0785 e. The lowest BCUT2D eigenvalue weighted by molar-refractivity contribution is 0.225. The van der Waals surface area contributed by atoms with Crippen molar-refractivity contribution >= 4 is 11.6 Å². The van der Waals surface area contributed by atoms with E-state index in [0.29, 0.717) is 11.6 Å². The first kappa shape index (κ1) is 11.5. The van der Waals surface area contributed by atoms with Crippen molar-refractivity contribution in [1.29, 1.82) is 0 Å². The molecule has 0 aromatic carbocycles. The highest BCUT2D eigenvalue weighted by molar-refractivity contribution is 6.30. The highest BCUT2D eigenvalue weighted by Gasteiger charge is 2.07. The molecule has 0 aliphatic rings. The summed E-state index contributed by atoms with van der Waals surface area (Å²) >= 11 is 5.73. The largest absolute Gasteiger partial charge is 0.395 e. The van der Waals surface area contributed by atoms with Crippen LogP contribution in [0.15, 0.2) is 12.4 Å². The van der Waals surface area contributed by atoms with Crippen LogP contribution in [0.1, 0.15) is 13.3 Å². The van der Waals surface area contributed by atoms with Crippen LogP contribution in [-0.4, -0.2) is 34.1 Å². The number of nitrogens with zero attached hydrogens (tertiary/aromatic N) is 2. The SMILES string of the molecule is CCCNC(CO)Cn1cc(Cl)cn1. The molecule has 0 fully saturated rings. The van der Waals surface area contributed by atoms with Gasteiger partial charge in [0.25, 0.3) is 0 Å². The monoisotopic (exact) mass is 217 g/mol. The zero-order valence-corrected chi connectivity index (χ0v) is 9.04. The van der Waals surface area contributed by atoms with E-state index in [0.717, 1.165) is 13.0 Å². The molecule has 14 heavy (non-hydrogen) atoms. The van der Waals surface area contributed by atoms with Crippen molar-refractivity contribution < 1.29 is 5.11 Å². The average molecular weight is 218 g/mol. The number of aliphatic hydroxyl groups is 1. The number of aliphatic hydroxyl groups excluding tert-OH is 1. The highest BCUT2D eigenvalue weighted by Crippen LogP contribution is 2.04. The molecule has 1 rings (SSSR count). The van der Waals surface area contributed by atoms with E-state index in [1.54, 1.807) is 17.1 Å². The number of hydrogen-bond donors (Lipinski definition) is 2. The minimum absolute atomic E-state index is 0.0471. The first-order valence-electron chi connectivity index (χ1n) is 4.78. The average Bonchev–Trinajstić information content (AvgIpc) is 2.58. The Morgan fingerprint density at radius 3 is 3.00 bits per heavy atom. The summed E-state index contributed by atoms with van der Waals surface area (Å²) in [5.74, 6) is 0. The Bertz CT molecular complexity index is 264. The van der Waals surface area contributed by atoms with Gasteiger partial charge in [-0.15, -0.1) is 0 Å². The molecule has 1 aromatic rings. The summed E-state index contributed by atoms with van der Waals surface area (Å²) in [5.41, 5.74) is 0. The van der Waals surface area contributed by atoms with Crippen molar-refractivity contribution in [3.05, 3.63) is 17.4 Å². The molecule has 0 amide bonds. The van der Waals surface area contributed by atoms with Crippen molar-refractivity contribution in [3.8, 4) is 0 Å². The van der Waals surface area contributed by atoms with Gasteiger partial charge in [-0.1, -0.05) is 18.5 Å².